The number of rotatable bonds is 3. The van der Waals surface area contributed by atoms with Gasteiger partial charge in [0.2, 0.25) is 5.91 Å². The molecule has 0 bridgehead atoms. The van der Waals surface area contributed by atoms with Crippen molar-refractivity contribution in [3.05, 3.63) is 11.1 Å². The number of nitriles is 1. The number of carbonyl (C=O) groups is 1. The highest BCUT2D eigenvalue weighted by atomic mass is 32.1. The Kier molecular flexibility index (Phi) is 4.09. The number of anilines is 1. The van der Waals surface area contributed by atoms with Crippen molar-refractivity contribution in [2.45, 2.75) is 52.0 Å². The van der Waals surface area contributed by atoms with Gasteiger partial charge < -0.3 is 10.2 Å². The van der Waals surface area contributed by atoms with Gasteiger partial charge in [0, 0.05) is 18.5 Å². The van der Waals surface area contributed by atoms with Crippen LogP contribution in [0.1, 0.15) is 52.1 Å². The number of amides is 1. The number of nitrogens with one attached hydrogen (secondary N) is 1. The SMILES string of the molecule is CC(C)(C)C1CCN(C(=O)C2(Nc3nc(C#N)cs3)CC2)CC1. The Labute approximate surface area is 141 Å². The highest BCUT2D eigenvalue weighted by molar-refractivity contribution is 7.13. The Balaban J connectivity index is 1.61. The molecule has 0 atom stereocenters. The molecule has 2 aliphatic rings. The Hall–Kier alpha value is -1.61. The second-order valence-corrected chi connectivity index (χ2v) is 8.65. The second kappa shape index (κ2) is 5.79. The summed E-state index contributed by atoms with van der Waals surface area (Å²) in [6.07, 6.45) is 3.88. The summed E-state index contributed by atoms with van der Waals surface area (Å²) in [5, 5.41) is 14.5. The molecular formula is C17H24N4OS. The number of hydrogen-bond donors (Lipinski definition) is 1. The molecule has 0 unspecified atom stereocenters. The molecule has 1 aromatic heterocycles. The number of thiazole rings is 1. The maximum atomic E-state index is 12.9. The fourth-order valence-corrected chi connectivity index (χ4v) is 4.09. The number of carbonyl (C=O) groups excluding carboxylic acids is 1. The zero-order chi connectivity index (χ0) is 16.7. The molecule has 1 aliphatic heterocycles. The Morgan fingerprint density at radius 2 is 2.09 bits per heavy atom. The van der Waals surface area contributed by atoms with E-state index in [1.165, 1.54) is 11.3 Å². The first kappa shape index (κ1) is 16.3. The van der Waals surface area contributed by atoms with Gasteiger partial charge in [0.05, 0.1) is 0 Å². The van der Waals surface area contributed by atoms with Crippen LogP contribution in [0.5, 0.6) is 0 Å². The van der Waals surface area contributed by atoms with Crippen LogP contribution in [0.4, 0.5) is 5.13 Å². The van der Waals surface area contributed by atoms with Crippen LogP contribution in [0.3, 0.4) is 0 Å². The molecule has 124 valence electrons. The number of likely N-dealkylation sites (tertiary alicyclic amines) is 1. The van der Waals surface area contributed by atoms with Crippen molar-refractivity contribution >= 4 is 22.4 Å². The van der Waals surface area contributed by atoms with E-state index >= 15 is 0 Å². The lowest BCUT2D eigenvalue weighted by atomic mass is 9.75. The summed E-state index contributed by atoms with van der Waals surface area (Å²) in [7, 11) is 0. The maximum Gasteiger partial charge on any atom is 0.248 e. The van der Waals surface area contributed by atoms with Crippen LogP contribution < -0.4 is 5.32 Å². The summed E-state index contributed by atoms with van der Waals surface area (Å²) in [5.41, 5.74) is 0.255. The van der Waals surface area contributed by atoms with Crippen molar-refractivity contribution in [1.29, 1.82) is 5.26 Å². The molecule has 1 aromatic rings. The average Bonchev–Trinajstić information content (AvgIpc) is 3.16. The summed E-state index contributed by atoms with van der Waals surface area (Å²) in [6, 6.07) is 2.03. The third kappa shape index (κ3) is 3.35. The van der Waals surface area contributed by atoms with Crippen molar-refractivity contribution in [2.75, 3.05) is 18.4 Å². The minimum atomic E-state index is -0.473. The molecule has 0 radical (unpaired) electrons. The van der Waals surface area contributed by atoms with E-state index in [1.54, 1.807) is 5.38 Å². The second-order valence-electron chi connectivity index (χ2n) is 7.79. The van der Waals surface area contributed by atoms with Gasteiger partial charge in [-0.2, -0.15) is 5.26 Å². The van der Waals surface area contributed by atoms with Gasteiger partial charge in [0.15, 0.2) is 10.8 Å². The predicted octanol–water partition coefficient (Wildman–Crippen LogP) is 3.24. The van der Waals surface area contributed by atoms with Gasteiger partial charge >= 0.3 is 0 Å². The normalized spacial score (nSPS) is 20.9. The molecule has 23 heavy (non-hydrogen) atoms. The van der Waals surface area contributed by atoms with E-state index < -0.39 is 5.54 Å². The first-order chi connectivity index (χ1) is 10.8. The molecular weight excluding hydrogens is 308 g/mol. The van der Waals surface area contributed by atoms with Crippen molar-refractivity contribution in [3.8, 4) is 6.07 Å². The molecule has 1 aliphatic carbocycles. The molecule has 1 amide bonds. The minimum absolute atomic E-state index is 0.207. The standard InChI is InChI=1S/C17H24N4OS/c1-16(2,3)12-4-8-21(9-5-12)14(22)17(6-7-17)20-15-19-13(10-18)11-23-15/h11-12H,4-9H2,1-3H3,(H,19,20). The monoisotopic (exact) mass is 332 g/mol. The summed E-state index contributed by atoms with van der Waals surface area (Å²) in [6.45, 7) is 8.56. The van der Waals surface area contributed by atoms with E-state index in [1.807, 2.05) is 11.0 Å². The van der Waals surface area contributed by atoms with Crippen LogP contribution in [0.25, 0.3) is 0 Å². The summed E-state index contributed by atoms with van der Waals surface area (Å²) in [5.74, 6) is 0.894. The first-order valence-electron chi connectivity index (χ1n) is 8.27. The molecule has 5 nitrogen and oxygen atoms in total. The number of piperidine rings is 1. The van der Waals surface area contributed by atoms with Gasteiger partial charge in [0.1, 0.15) is 11.6 Å². The van der Waals surface area contributed by atoms with Gasteiger partial charge in [-0.15, -0.1) is 11.3 Å². The Morgan fingerprint density at radius 1 is 1.43 bits per heavy atom. The fourth-order valence-electron chi connectivity index (χ4n) is 3.36. The summed E-state index contributed by atoms with van der Waals surface area (Å²) < 4.78 is 0. The van der Waals surface area contributed by atoms with Crippen molar-refractivity contribution < 1.29 is 4.79 Å². The lowest BCUT2D eigenvalue weighted by Crippen LogP contribution is -2.49. The predicted molar refractivity (Wildman–Crippen MR) is 91.2 cm³/mol. The topological polar surface area (TPSA) is 69.0 Å². The van der Waals surface area contributed by atoms with Crippen molar-refractivity contribution in [2.24, 2.45) is 11.3 Å². The molecule has 2 fully saturated rings. The highest BCUT2D eigenvalue weighted by Crippen LogP contribution is 2.43. The van der Waals surface area contributed by atoms with E-state index in [9.17, 15) is 4.79 Å². The Morgan fingerprint density at radius 3 is 2.57 bits per heavy atom. The first-order valence-corrected chi connectivity index (χ1v) is 9.15. The molecule has 1 saturated heterocycles. The van der Waals surface area contributed by atoms with Crippen LogP contribution in [0.2, 0.25) is 0 Å². The van der Waals surface area contributed by atoms with Gasteiger partial charge in [-0.05, 0) is 37.0 Å². The van der Waals surface area contributed by atoms with Gasteiger partial charge in [-0.3, -0.25) is 4.79 Å². The van der Waals surface area contributed by atoms with E-state index in [4.69, 9.17) is 5.26 Å². The molecule has 0 spiro atoms. The summed E-state index contributed by atoms with van der Waals surface area (Å²) in [4.78, 5) is 19.1. The van der Waals surface area contributed by atoms with E-state index in [0.717, 1.165) is 38.8 Å². The van der Waals surface area contributed by atoms with Crippen LogP contribution in [0.15, 0.2) is 5.38 Å². The fraction of sp³-hybridized carbons (Fsp3) is 0.706. The van der Waals surface area contributed by atoms with E-state index in [-0.39, 0.29) is 5.91 Å². The zero-order valence-electron chi connectivity index (χ0n) is 14.1. The zero-order valence-corrected chi connectivity index (χ0v) is 14.9. The molecule has 1 saturated carbocycles. The van der Waals surface area contributed by atoms with E-state index in [0.29, 0.717) is 22.2 Å². The molecule has 6 heteroatoms. The van der Waals surface area contributed by atoms with Crippen LogP contribution in [-0.2, 0) is 4.79 Å². The van der Waals surface area contributed by atoms with E-state index in [2.05, 4.69) is 31.1 Å². The van der Waals surface area contributed by atoms with Gasteiger partial charge in [0.25, 0.3) is 0 Å². The quantitative estimate of drug-likeness (QED) is 0.922. The molecule has 0 aromatic carbocycles. The van der Waals surface area contributed by atoms with Crippen molar-refractivity contribution in [3.63, 3.8) is 0 Å². The van der Waals surface area contributed by atoms with Gasteiger partial charge in [-0.25, -0.2) is 4.98 Å². The van der Waals surface area contributed by atoms with Gasteiger partial charge in [-0.1, -0.05) is 20.8 Å². The number of hydrogen-bond acceptors (Lipinski definition) is 5. The number of nitrogens with zero attached hydrogens (tertiary/aromatic N) is 3. The average molecular weight is 332 g/mol. The van der Waals surface area contributed by atoms with Crippen LogP contribution in [0, 0.1) is 22.7 Å². The Bertz CT molecular complexity index is 628. The smallest absolute Gasteiger partial charge is 0.248 e. The number of aromatic nitrogens is 1. The lowest BCUT2D eigenvalue weighted by molar-refractivity contribution is -0.134. The molecule has 3 rings (SSSR count). The maximum absolute atomic E-state index is 12.9. The van der Waals surface area contributed by atoms with Crippen LogP contribution in [-0.4, -0.2) is 34.4 Å². The largest absolute Gasteiger partial charge is 0.347 e. The minimum Gasteiger partial charge on any atom is -0.347 e. The third-order valence-corrected chi connectivity index (χ3v) is 5.89. The molecule has 1 N–H and O–H groups in total. The molecule has 2 heterocycles. The lowest BCUT2D eigenvalue weighted by Gasteiger charge is -2.40. The third-order valence-electron chi connectivity index (χ3n) is 5.13. The highest BCUT2D eigenvalue weighted by Gasteiger charge is 2.52. The van der Waals surface area contributed by atoms with Crippen LogP contribution >= 0.6 is 11.3 Å². The summed E-state index contributed by atoms with van der Waals surface area (Å²) >= 11 is 1.39. The van der Waals surface area contributed by atoms with Crippen molar-refractivity contribution in [1.82, 2.24) is 9.88 Å².